The first-order valence-corrected chi connectivity index (χ1v) is 7.83. The largest absolute Gasteiger partial charge is 0.497 e. The van der Waals surface area contributed by atoms with Gasteiger partial charge in [0.25, 0.3) is 0 Å². The molecule has 0 aliphatic rings. The average Bonchev–Trinajstić information content (AvgIpc) is 2.58. The van der Waals surface area contributed by atoms with Gasteiger partial charge in [0.2, 0.25) is 0 Å². The molecule has 2 aromatic rings. The zero-order valence-electron chi connectivity index (χ0n) is 14.3. The number of benzene rings is 2. The molecule has 0 heterocycles. The lowest BCUT2D eigenvalue weighted by Gasteiger charge is -2.15. The Morgan fingerprint density at radius 1 is 0.957 bits per heavy atom. The van der Waals surface area contributed by atoms with Crippen molar-refractivity contribution in [3.05, 3.63) is 48.0 Å². The second-order valence-electron chi connectivity index (χ2n) is 5.53. The van der Waals surface area contributed by atoms with Gasteiger partial charge in [0.1, 0.15) is 23.9 Å². The second kappa shape index (κ2) is 8.32. The summed E-state index contributed by atoms with van der Waals surface area (Å²) in [6.07, 6.45) is 0. The van der Waals surface area contributed by atoms with E-state index >= 15 is 0 Å². The van der Waals surface area contributed by atoms with Crippen molar-refractivity contribution >= 4 is 5.69 Å². The number of hydrogen-bond acceptors (Lipinski definition) is 4. The van der Waals surface area contributed by atoms with E-state index in [0.717, 1.165) is 22.9 Å². The minimum absolute atomic E-state index is 0.442. The number of rotatable bonds is 8. The molecule has 0 bridgehead atoms. The number of para-hydroxylation sites is 1. The summed E-state index contributed by atoms with van der Waals surface area (Å²) in [5, 5.41) is 3.33. The standard InChI is InChI=1S/C19H25NO3/c1-14(2)16-7-5-6-8-18(16)23-12-11-20-17-13-15(21-3)9-10-19(17)22-4/h5-10,13-14,20H,11-12H2,1-4H3. The molecule has 0 amide bonds. The van der Waals surface area contributed by atoms with Crippen LogP contribution in [0.3, 0.4) is 0 Å². The van der Waals surface area contributed by atoms with Gasteiger partial charge < -0.3 is 19.5 Å². The quantitative estimate of drug-likeness (QED) is 0.737. The van der Waals surface area contributed by atoms with Crippen LogP contribution in [0.1, 0.15) is 25.3 Å². The monoisotopic (exact) mass is 315 g/mol. The van der Waals surface area contributed by atoms with Crippen LogP contribution in [0, 0.1) is 0 Å². The van der Waals surface area contributed by atoms with Crippen molar-refractivity contribution < 1.29 is 14.2 Å². The second-order valence-corrected chi connectivity index (χ2v) is 5.53. The molecule has 0 aromatic heterocycles. The minimum atomic E-state index is 0.442. The molecule has 4 nitrogen and oxygen atoms in total. The number of anilines is 1. The van der Waals surface area contributed by atoms with E-state index in [4.69, 9.17) is 14.2 Å². The zero-order chi connectivity index (χ0) is 16.7. The topological polar surface area (TPSA) is 39.7 Å². The van der Waals surface area contributed by atoms with Crippen molar-refractivity contribution in [2.45, 2.75) is 19.8 Å². The Balaban J connectivity index is 1.93. The van der Waals surface area contributed by atoms with Crippen LogP contribution >= 0.6 is 0 Å². The summed E-state index contributed by atoms with van der Waals surface area (Å²) in [4.78, 5) is 0. The fraction of sp³-hybridized carbons (Fsp3) is 0.368. The molecule has 0 atom stereocenters. The van der Waals surface area contributed by atoms with E-state index in [0.29, 0.717) is 19.1 Å². The van der Waals surface area contributed by atoms with E-state index in [2.05, 4.69) is 25.2 Å². The molecule has 0 spiro atoms. The molecule has 2 rings (SSSR count). The lowest BCUT2D eigenvalue weighted by Crippen LogP contribution is -2.13. The van der Waals surface area contributed by atoms with Gasteiger partial charge in [-0.25, -0.2) is 0 Å². The van der Waals surface area contributed by atoms with Crippen molar-refractivity contribution in [2.75, 3.05) is 32.7 Å². The third-order valence-electron chi connectivity index (χ3n) is 3.62. The predicted molar refractivity (Wildman–Crippen MR) is 94.1 cm³/mol. The van der Waals surface area contributed by atoms with Gasteiger partial charge in [-0.1, -0.05) is 32.0 Å². The Morgan fingerprint density at radius 2 is 1.74 bits per heavy atom. The van der Waals surface area contributed by atoms with Gasteiger partial charge in [0, 0.05) is 12.6 Å². The van der Waals surface area contributed by atoms with Crippen LogP contribution in [0.4, 0.5) is 5.69 Å². The third-order valence-corrected chi connectivity index (χ3v) is 3.62. The van der Waals surface area contributed by atoms with Crippen molar-refractivity contribution in [1.29, 1.82) is 0 Å². The van der Waals surface area contributed by atoms with Gasteiger partial charge in [-0.15, -0.1) is 0 Å². The van der Waals surface area contributed by atoms with Gasteiger partial charge >= 0.3 is 0 Å². The van der Waals surface area contributed by atoms with Crippen LogP contribution in [-0.2, 0) is 0 Å². The predicted octanol–water partition coefficient (Wildman–Crippen LogP) is 4.32. The minimum Gasteiger partial charge on any atom is -0.497 e. The van der Waals surface area contributed by atoms with Gasteiger partial charge in [-0.2, -0.15) is 0 Å². The number of nitrogens with one attached hydrogen (secondary N) is 1. The van der Waals surface area contributed by atoms with E-state index in [1.54, 1.807) is 14.2 Å². The SMILES string of the molecule is COc1ccc(OC)c(NCCOc2ccccc2C(C)C)c1. The molecule has 4 heteroatoms. The molecular formula is C19H25NO3. The molecule has 124 valence electrons. The molecule has 0 saturated carbocycles. The molecular weight excluding hydrogens is 290 g/mol. The molecule has 0 radical (unpaired) electrons. The summed E-state index contributed by atoms with van der Waals surface area (Å²) in [6.45, 7) is 5.59. The van der Waals surface area contributed by atoms with Crippen LogP contribution in [-0.4, -0.2) is 27.4 Å². The highest BCUT2D eigenvalue weighted by Gasteiger charge is 2.07. The summed E-state index contributed by atoms with van der Waals surface area (Å²) in [5.74, 6) is 2.97. The number of hydrogen-bond donors (Lipinski definition) is 1. The van der Waals surface area contributed by atoms with Crippen LogP contribution in [0.5, 0.6) is 17.2 Å². The number of methoxy groups -OCH3 is 2. The Labute approximate surface area is 138 Å². The average molecular weight is 315 g/mol. The van der Waals surface area contributed by atoms with E-state index < -0.39 is 0 Å². The molecule has 0 unspecified atom stereocenters. The Kier molecular flexibility index (Phi) is 6.15. The first kappa shape index (κ1) is 17.0. The summed E-state index contributed by atoms with van der Waals surface area (Å²) in [6, 6.07) is 13.8. The molecule has 0 aliphatic carbocycles. The highest BCUT2D eigenvalue weighted by molar-refractivity contribution is 5.59. The van der Waals surface area contributed by atoms with Crippen LogP contribution in [0.25, 0.3) is 0 Å². The zero-order valence-corrected chi connectivity index (χ0v) is 14.3. The van der Waals surface area contributed by atoms with Crippen LogP contribution < -0.4 is 19.5 Å². The summed E-state index contributed by atoms with van der Waals surface area (Å²) in [5.41, 5.74) is 2.12. The maximum absolute atomic E-state index is 5.92. The van der Waals surface area contributed by atoms with Crippen LogP contribution in [0.15, 0.2) is 42.5 Å². The smallest absolute Gasteiger partial charge is 0.142 e. The third kappa shape index (κ3) is 4.55. The van der Waals surface area contributed by atoms with E-state index in [-0.39, 0.29) is 0 Å². The van der Waals surface area contributed by atoms with Gasteiger partial charge in [0.05, 0.1) is 19.9 Å². The van der Waals surface area contributed by atoms with Crippen molar-refractivity contribution in [3.63, 3.8) is 0 Å². The first-order chi connectivity index (χ1) is 11.2. The van der Waals surface area contributed by atoms with Crippen molar-refractivity contribution in [3.8, 4) is 17.2 Å². The maximum Gasteiger partial charge on any atom is 0.142 e. The summed E-state index contributed by atoms with van der Waals surface area (Å²) < 4.78 is 16.5. The molecule has 0 fully saturated rings. The molecule has 1 N–H and O–H groups in total. The lowest BCUT2D eigenvalue weighted by molar-refractivity contribution is 0.327. The Morgan fingerprint density at radius 3 is 2.43 bits per heavy atom. The van der Waals surface area contributed by atoms with Gasteiger partial charge in [0.15, 0.2) is 0 Å². The summed E-state index contributed by atoms with van der Waals surface area (Å²) >= 11 is 0. The van der Waals surface area contributed by atoms with E-state index in [1.165, 1.54) is 5.56 Å². The van der Waals surface area contributed by atoms with Gasteiger partial charge in [-0.3, -0.25) is 0 Å². The fourth-order valence-electron chi connectivity index (χ4n) is 2.39. The van der Waals surface area contributed by atoms with Gasteiger partial charge in [-0.05, 0) is 29.7 Å². The number of ether oxygens (including phenoxy) is 3. The highest BCUT2D eigenvalue weighted by Crippen LogP contribution is 2.29. The van der Waals surface area contributed by atoms with Crippen LogP contribution in [0.2, 0.25) is 0 Å². The van der Waals surface area contributed by atoms with Crippen molar-refractivity contribution in [2.24, 2.45) is 0 Å². The molecule has 23 heavy (non-hydrogen) atoms. The maximum atomic E-state index is 5.92. The Hall–Kier alpha value is -2.36. The molecule has 0 aliphatic heterocycles. The first-order valence-electron chi connectivity index (χ1n) is 7.83. The molecule has 2 aromatic carbocycles. The lowest BCUT2D eigenvalue weighted by atomic mass is 10.0. The fourth-order valence-corrected chi connectivity index (χ4v) is 2.39. The molecule has 0 saturated heterocycles. The van der Waals surface area contributed by atoms with E-state index in [1.807, 2.05) is 36.4 Å². The normalized spacial score (nSPS) is 10.5. The van der Waals surface area contributed by atoms with E-state index in [9.17, 15) is 0 Å². The summed E-state index contributed by atoms with van der Waals surface area (Å²) in [7, 11) is 3.31. The highest BCUT2D eigenvalue weighted by atomic mass is 16.5. The van der Waals surface area contributed by atoms with Crippen molar-refractivity contribution in [1.82, 2.24) is 0 Å². The Bertz CT molecular complexity index is 626.